The Morgan fingerprint density at radius 2 is 1.70 bits per heavy atom. The van der Waals surface area contributed by atoms with Crippen molar-refractivity contribution in [2.45, 2.75) is 50.3 Å². The Morgan fingerprint density at radius 1 is 1.19 bits per heavy atom. The standard InChI is InChI=1S/C17H23F3N2O4S/c1-12-11-22(15(23)24,16(2,3)4)10-9-21(12)27(25,26)14-7-5-13(6-8-14)17(18,19)20/h5-8,12H,9-11H2,1-4H3/t12-,22?/m0/s1. The van der Waals surface area contributed by atoms with Crippen LogP contribution in [0.5, 0.6) is 0 Å². The minimum atomic E-state index is -4.56. The number of benzene rings is 1. The number of hydrogen-bond donors (Lipinski definition) is 0. The van der Waals surface area contributed by atoms with Gasteiger partial charge in [0.2, 0.25) is 10.0 Å². The quantitative estimate of drug-likeness (QED) is 0.702. The maximum absolute atomic E-state index is 12.9. The van der Waals surface area contributed by atoms with Crippen LogP contribution in [0.3, 0.4) is 0 Å². The number of carbonyl (C=O) groups is 1. The van der Waals surface area contributed by atoms with Gasteiger partial charge in [0, 0.05) is 0 Å². The van der Waals surface area contributed by atoms with E-state index in [0.29, 0.717) is 0 Å². The smallest absolute Gasteiger partial charge is 0.416 e. The number of carboxylic acid groups (broad SMARTS) is 1. The summed E-state index contributed by atoms with van der Waals surface area (Å²) in [6.45, 7) is 6.76. The zero-order valence-electron chi connectivity index (χ0n) is 15.6. The van der Waals surface area contributed by atoms with Crippen molar-refractivity contribution in [3.8, 4) is 0 Å². The van der Waals surface area contributed by atoms with E-state index >= 15 is 0 Å². The Labute approximate surface area is 156 Å². The molecule has 27 heavy (non-hydrogen) atoms. The number of hydrogen-bond acceptors (Lipinski definition) is 4. The van der Waals surface area contributed by atoms with Gasteiger partial charge in [0.05, 0.1) is 35.1 Å². The second-order valence-corrected chi connectivity index (χ2v) is 9.69. The Morgan fingerprint density at radius 3 is 2.07 bits per heavy atom. The van der Waals surface area contributed by atoms with Gasteiger partial charge in [-0.05, 0) is 52.0 Å². The Hall–Kier alpha value is -1.65. The zero-order chi connectivity index (χ0) is 20.8. The van der Waals surface area contributed by atoms with Crippen LogP contribution in [0.1, 0.15) is 33.3 Å². The van der Waals surface area contributed by atoms with Crippen LogP contribution in [0.2, 0.25) is 0 Å². The molecule has 1 aliphatic heterocycles. The summed E-state index contributed by atoms with van der Waals surface area (Å²) in [5.41, 5.74) is -1.63. The van der Waals surface area contributed by atoms with Gasteiger partial charge in [-0.3, -0.25) is 4.48 Å². The Balaban J connectivity index is 2.33. The fourth-order valence-electron chi connectivity index (χ4n) is 3.48. The number of carbonyl (C=O) groups excluding carboxylic acids is 1. The largest absolute Gasteiger partial charge is 0.498 e. The van der Waals surface area contributed by atoms with Gasteiger partial charge in [-0.1, -0.05) is 0 Å². The summed E-state index contributed by atoms with van der Waals surface area (Å²) in [6, 6.07) is 2.62. The molecule has 1 saturated heterocycles. The summed E-state index contributed by atoms with van der Waals surface area (Å²) in [5, 5.41) is 11.8. The molecule has 0 bridgehead atoms. The van der Waals surface area contributed by atoms with E-state index in [1.165, 1.54) is 0 Å². The van der Waals surface area contributed by atoms with Crippen molar-refractivity contribution in [1.82, 2.24) is 4.31 Å². The third kappa shape index (κ3) is 3.83. The predicted octanol–water partition coefficient (Wildman–Crippen LogP) is 2.06. The van der Waals surface area contributed by atoms with E-state index in [2.05, 4.69) is 0 Å². The number of sulfonamides is 1. The number of rotatable bonds is 2. The van der Waals surface area contributed by atoms with Gasteiger partial charge in [-0.2, -0.15) is 17.5 Å². The van der Waals surface area contributed by atoms with Crippen molar-refractivity contribution >= 4 is 16.1 Å². The van der Waals surface area contributed by atoms with Crippen molar-refractivity contribution in [3.63, 3.8) is 0 Å². The molecule has 1 aromatic rings. The summed E-state index contributed by atoms with van der Waals surface area (Å²) >= 11 is 0. The lowest BCUT2D eigenvalue weighted by Gasteiger charge is -2.53. The number of halogens is 3. The van der Waals surface area contributed by atoms with Crippen LogP contribution < -0.4 is 5.11 Å². The monoisotopic (exact) mass is 408 g/mol. The number of quaternary nitrogens is 1. The maximum atomic E-state index is 12.9. The first-order valence-corrected chi connectivity index (χ1v) is 9.85. The first-order chi connectivity index (χ1) is 12.1. The molecule has 0 aliphatic carbocycles. The molecule has 1 heterocycles. The molecule has 10 heteroatoms. The van der Waals surface area contributed by atoms with E-state index in [1.807, 2.05) is 0 Å². The van der Waals surface area contributed by atoms with Crippen LogP contribution >= 0.6 is 0 Å². The maximum Gasteiger partial charge on any atom is 0.416 e. The molecule has 2 rings (SSSR count). The molecule has 152 valence electrons. The van der Waals surface area contributed by atoms with Crippen molar-refractivity contribution in [3.05, 3.63) is 29.8 Å². The molecule has 0 saturated carbocycles. The number of amides is 1. The highest BCUT2D eigenvalue weighted by Gasteiger charge is 2.50. The highest BCUT2D eigenvalue weighted by Crippen LogP contribution is 2.33. The van der Waals surface area contributed by atoms with Gasteiger partial charge in [0.15, 0.2) is 0 Å². The minimum absolute atomic E-state index is 0.00565. The van der Waals surface area contributed by atoms with Crippen molar-refractivity contribution in [1.29, 1.82) is 0 Å². The summed E-state index contributed by atoms with van der Waals surface area (Å²) < 4.78 is 64.5. The lowest BCUT2D eigenvalue weighted by atomic mass is 9.98. The molecule has 1 aliphatic rings. The molecule has 0 spiro atoms. The van der Waals surface area contributed by atoms with Crippen LogP contribution in [0.25, 0.3) is 0 Å². The van der Waals surface area contributed by atoms with E-state index < -0.39 is 43.9 Å². The minimum Gasteiger partial charge on any atom is -0.498 e. The number of nitrogens with zero attached hydrogens (tertiary/aromatic N) is 2. The first-order valence-electron chi connectivity index (χ1n) is 8.41. The third-order valence-electron chi connectivity index (χ3n) is 5.19. The summed E-state index contributed by atoms with van der Waals surface area (Å²) in [6.07, 6.45) is -5.83. The van der Waals surface area contributed by atoms with Crippen molar-refractivity contribution < 1.29 is 36.0 Å². The van der Waals surface area contributed by atoms with Crippen LogP contribution in [-0.2, 0) is 16.2 Å². The first kappa shape index (κ1) is 21.6. The summed E-state index contributed by atoms with van der Waals surface area (Å²) in [4.78, 5) is 11.6. The average molecular weight is 408 g/mol. The second-order valence-electron chi connectivity index (χ2n) is 7.80. The van der Waals surface area contributed by atoms with Crippen LogP contribution in [0.4, 0.5) is 18.0 Å². The van der Waals surface area contributed by atoms with Crippen molar-refractivity contribution in [2.75, 3.05) is 19.6 Å². The van der Waals surface area contributed by atoms with E-state index in [-0.39, 0.29) is 24.5 Å². The zero-order valence-corrected chi connectivity index (χ0v) is 16.4. The molecular weight excluding hydrogens is 385 g/mol. The molecule has 1 aromatic carbocycles. The fraction of sp³-hybridized carbons (Fsp3) is 0.588. The topological polar surface area (TPSA) is 77.5 Å². The average Bonchev–Trinajstić information content (AvgIpc) is 2.52. The van der Waals surface area contributed by atoms with Crippen molar-refractivity contribution in [2.24, 2.45) is 0 Å². The Bertz CT molecular complexity index is 816. The summed E-state index contributed by atoms with van der Waals surface area (Å²) in [5.74, 6) is 0. The fourth-order valence-corrected chi connectivity index (χ4v) is 5.09. The highest BCUT2D eigenvalue weighted by atomic mass is 32.2. The molecule has 0 aromatic heterocycles. The van der Waals surface area contributed by atoms with E-state index in [1.54, 1.807) is 27.7 Å². The van der Waals surface area contributed by atoms with Gasteiger partial charge in [0.1, 0.15) is 6.54 Å². The molecule has 2 atom stereocenters. The van der Waals surface area contributed by atoms with Crippen LogP contribution in [-0.4, -0.2) is 54.5 Å². The highest BCUT2D eigenvalue weighted by molar-refractivity contribution is 7.89. The Kier molecular flexibility index (Phi) is 5.41. The lowest BCUT2D eigenvalue weighted by molar-refractivity contribution is -0.925. The van der Waals surface area contributed by atoms with Gasteiger partial charge in [0.25, 0.3) is 6.09 Å². The molecule has 0 N–H and O–H groups in total. The van der Waals surface area contributed by atoms with Crippen LogP contribution in [0, 0.1) is 0 Å². The van der Waals surface area contributed by atoms with E-state index in [0.717, 1.165) is 28.6 Å². The molecule has 1 unspecified atom stereocenters. The summed E-state index contributed by atoms with van der Waals surface area (Å²) in [7, 11) is -4.05. The molecule has 1 fully saturated rings. The second kappa shape index (κ2) is 6.75. The van der Waals surface area contributed by atoms with Gasteiger partial charge >= 0.3 is 6.18 Å². The normalized spacial score (nSPS) is 25.4. The third-order valence-corrected chi connectivity index (χ3v) is 7.22. The molecule has 0 radical (unpaired) electrons. The van der Waals surface area contributed by atoms with Gasteiger partial charge in [-0.25, -0.2) is 8.42 Å². The van der Waals surface area contributed by atoms with E-state index in [4.69, 9.17) is 0 Å². The van der Waals surface area contributed by atoms with Crippen LogP contribution in [0.15, 0.2) is 29.2 Å². The van der Waals surface area contributed by atoms with Gasteiger partial charge < -0.3 is 9.90 Å². The molecule has 6 nitrogen and oxygen atoms in total. The number of piperazine rings is 1. The van der Waals surface area contributed by atoms with E-state index in [9.17, 15) is 31.5 Å². The van der Waals surface area contributed by atoms with Gasteiger partial charge in [-0.15, -0.1) is 0 Å². The molecule has 1 amide bonds. The lowest BCUT2D eigenvalue weighted by Crippen LogP contribution is -2.75. The predicted molar refractivity (Wildman–Crippen MR) is 89.9 cm³/mol. The molecular formula is C17H23F3N2O4S. The SMILES string of the molecule is C[C@H]1C[N+](C(=O)[O-])(C(C)(C)C)CCN1S(=O)(=O)c1ccc(C(F)(F)F)cc1. The number of alkyl halides is 3.